The molecule has 0 aliphatic carbocycles. The Labute approximate surface area is 194 Å². The molecule has 0 fully saturated rings. The fraction of sp³-hybridized carbons (Fsp3) is 0.0833. The van der Waals surface area contributed by atoms with Crippen molar-refractivity contribution in [1.29, 1.82) is 0 Å². The molecule has 2 aromatic carbocycles. The zero-order valence-electron chi connectivity index (χ0n) is 17.5. The van der Waals surface area contributed by atoms with Crippen LogP contribution in [0.15, 0.2) is 73.2 Å². The molecule has 0 atom stereocenters. The second-order valence-corrected chi connectivity index (χ2v) is 7.28. The summed E-state index contributed by atoms with van der Waals surface area (Å²) < 4.78 is 25.2. The van der Waals surface area contributed by atoms with Crippen LogP contribution in [-0.4, -0.2) is 28.0 Å². The van der Waals surface area contributed by atoms with Crippen molar-refractivity contribution in [2.24, 2.45) is 0 Å². The molecule has 0 saturated carbocycles. The Kier molecular flexibility index (Phi) is 6.75. The number of rotatable bonds is 7. The fourth-order valence-corrected chi connectivity index (χ4v) is 3.18. The maximum absolute atomic E-state index is 14.4. The molecule has 0 unspecified atom stereocenters. The quantitative estimate of drug-likeness (QED) is 0.364. The van der Waals surface area contributed by atoms with Gasteiger partial charge in [0.25, 0.3) is 0 Å². The molecule has 33 heavy (non-hydrogen) atoms. The van der Waals surface area contributed by atoms with Crippen molar-refractivity contribution in [3.05, 3.63) is 95.2 Å². The number of aromatic nitrogens is 3. The second-order valence-electron chi connectivity index (χ2n) is 6.84. The van der Waals surface area contributed by atoms with Gasteiger partial charge in [0, 0.05) is 17.4 Å². The molecule has 4 rings (SSSR count). The van der Waals surface area contributed by atoms with Crippen molar-refractivity contribution in [2.75, 3.05) is 12.4 Å². The SMILES string of the molecule is COC(=O)c1cnccc1Nc1nc(-c2cc(Cl)ccc2F)ncc1OCc1ccccc1. The van der Waals surface area contributed by atoms with Gasteiger partial charge >= 0.3 is 5.97 Å². The summed E-state index contributed by atoms with van der Waals surface area (Å²) in [6.45, 7) is 0.254. The maximum Gasteiger partial charge on any atom is 0.341 e. The van der Waals surface area contributed by atoms with Gasteiger partial charge in [-0.05, 0) is 29.8 Å². The standard InChI is InChI=1S/C24H18ClFN4O3/c1-32-24(31)18-12-27-10-9-20(18)29-23-21(33-14-15-5-3-2-4-6-15)13-28-22(30-23)17-11-16(25)7-8-19(17)26/h2-13H,14H2,1H3,(H,27,28,29,30). The first kappa shape index (κ1) is 22.2. The van der Waals surface area contributed by atoms with E-state index in [0.29, 0.717) is 16.5 Å². The van der Waals surface area contributed by atoms with E-state index in [4.69, 9.17) is 21.1 Å². The van der Waals surface area contributed by atoms with E-state index in [0.717, 1.165) is 5.56 Å². The lowest BCUT2D eigenvalue weighted by atomic mass is 10.2. The number of hydrogen-bond acceptors (Lipinski definition) is 7. The number of carbonyl (C=O) groups is 1. The third-order valence-corrected chi connectivity index (χ3v) is 4.88. The lowest BCUT2D eigenvalue weighted by Gasteiger charge is -2.15. The molecule has 0 bridgehead atoms. The van der Waals surface area contributed by atoms with E-state index in [1.54, 1.807) is 6.07 Å². The Morgan fingerprint density at radius 2 is 1.94 bits per heavy atom. The van der Waals surface area contributed by atoms with Crippen molar-refractivity contribution < 1.29 is 18.7 Å². The third kappa shape index (κ3) is 5.24. The minimum Gasteiger partial charge on any atom is -0.483 e. The normalized spacial score (nSPS) is 10.5. The Morgan fingerprint density at radius 3 is 2.73 bits per heavy atom. The molecule has 166 valence electrons. The van der Waals surface area contributed by atoms with Gasteiger partial charge < -0.3 is 14.8 Å². The highest BCUT2D eigenvalue weighted by atomic mass is 35.5. The van der Waals surface area contributed by atoms with Crippen molar-refractivity contribution in [3.8, 4) is 17.1 Å². The molecule has 0 saturated heterocycles. The summed E-state index contributed by atoms with van der Waals surface area (Å²) in [5.74, 6) is -0.474. The first-order valence-electron chi connectivity index (χ1n) is 9.83. The van der Waals surface area contributed by atoms with Crippen LogP contribution in [0.5, 0.6) is 5.75 Å². The molecular weight excluding hydrogens is 447 g/mol. The second kappa shape index (κ2) is 10.1. The van der Waals surface area contributed by atoms with Gasteiger partial charge in [-0.1, -0.05) is 41.9 Å². The van der Waals surface area contributed by atoms with Crippen LogP contribution in [0, 0.1) is 5.82 Å². The number of anilines is 2. The van der Waals surface area contributed by atoms with Crippen LogP contribution in [0.25, 0.3) is 11.4 Å². The number of benzene rings is 2. The summed E-state index contributed by atoms with van der Waals surface area (Å²) in [5.41, 5.74) is 1.65. The van der Waals surface area contributed by atoms with Gasteiger partial charge in [0.05, 0.1) is 24.6 Å². The lowest BCUT2D eigenvalue weighted by Crippen LogP contribution is -2.09. The minimum atomic E-state index is -0.576. The zero-order chi connectivity index (χ0) is 23.2. The average molecular weight is 465 g/mol. The maximum atomic E-state index is 14.4. The first-order valence-corrected chi connectivity index (χ1v) is 10.2. The van der Waals surface area contributed by atoms with Gasteiger partial charge in [-0.3, -0.25) is 4.98 Å². The number of nitrogens with one attached hydrogen (secondary N) is 1. The van der Waals surface area contributed by atoms with Gasteiger partial charge in [-0.25, -0.2) is 19.2 Å². The van der Waals surface area contributed by atoms with Crippen molar-refractivity contribution >= 4 is 29.1 Å². The van der Waals surface area contributed by atoms with E-state index in [9.17, 15) is 9.18 Å². The number of pyridine rings is 1. The van der Waals surface area contributed by atoms with E-state index in [-0.39, 0.29) is 29.4 Å². The summed E-state index contributed by atoms with van der Waals surface area (Å²) in [5, 5.41) is 3.41. The number of nitrogens with zero attached hydrogens (tertiary/aromatic N) is 3. The van der Waals surface area contributed by atoms with E-state index in [1.807, 2.05) is 30.3 Å². The van der Waals surface area contributed by atoms with E-state index >= 15 is 0 Å². The number of ether oxygens (including phenoxy) is 2. The first-order chi connectivity index (χ1) is 16.0. The van der Waals surface area contributed by atoms with Gasteiger partial charge in [-0.2, -0.15) is 0 Å². The van der Waals surface area contributed by atoms with Crippen molar-refractivity contribution in [3.63, 3.8) is 0 Å². The molecule has 7 nitrogen and oxygen atoms in total. The number of carbonyl (C=O) groups excluding carboxylic acids is 1. The molecule has 1 N–H and O–H groups in total. The van der Waals surface area contributed by atoms with Crippen LogP contribution < -0.4 is 10.1 Å². The van der Waals surface area contributed by atoms with Crippen LogP contribution in [0.3, 0.4) is 0 Å². The van der Waals surface area contributed by atoms with E-state index < -0.39 is 11.8 Å². The molecule has 0 aliphatic rings. The Hall–Kier alpha value is -4.04. The summed E-state index contributed by atoms with van der Waals surface area (Å²) in [6, 6.07) is 15.3. The van der Waals surface area contributed by atoms with Crippen LogP contribution in [-0.2, 0) is 11.3 Å². The molecule has 4 aromatic rings. The molecular formula is C24H18ClFN4O3. The third-order valence-electron chi connectivity index (χ3n) is 4.64. The zero-order valence-corrected chi connectivity index (χ0v) is 18.2. The van der Waals surface area contributed by atoms with Gasteiger partial charge in [0.1, 0.15) is 18.0 Å². The molecule has 2 aromatic heterocycles. The summed E-state index contributed by atoms with van der Waals surface area (Å²) in [6.07, 6.45) is 4.32. The smallest absolute Gasteiger partial charge is 0.341 e. The highest BCUT2D eigenvalue weighted by Gasteiger charge is 2.17. The average Bonchev–Trinajstić information content (AvgIpc) is 2.85. The predicted octanol–water partition coefficient (Wildman–Crippen LogP) is 5.44. The monoisotopic (exact) mass is 464 g/mol. The highest BCUT2D eigenvalue weighted by Crippen LogP contribution is 2.31. The van der Waals surface area contributed by atoms with Crippen LogP contribution in [0.4, 0.5) is 15.9 Å². The van der Waals surface area contributed by atoms with E-state index in [1.165, 1.54) is 43.9 Å². The van der Waals surface area contributed by atoms with Gasteiger partial charge in [0.15, 0.2) is 17.4 Å². The van der Waals surface area contributed by atoms with Gasteiger partial charge in [0.2, 0.25) is 0 Å². The number of esters is 1. The molecule has 9 heteroatoms. The van der Waals surface area contributed by atoms with Gasteiger partial charge in [-0.15, -0.1) is 0 Å². The summed E-state index contributed by atoms with van der Waals surface area (Å²) in [4.78, 5) is 24.9. The highest BCUT2D eigenvalue weighted by molar-refractivity contribution is 6.30. The Bertz CT molecular complexity index is 1290. The minimum absolute atomic E-state index is 0.0956. The fourth-order valence-electron chi connectivity index (χ4n) is 3.00. The summed E-state index contributed by atoms with van der Waals surface area (Å²) >= 11 is 6.04. The molecule has 0 radical (unpaired) electrons. The number of hydrogen-bond donors (Lipinski definition) is 1. The topological polar surface area (TPSA) is 86.2 Å². The number of halogens is 2. The van der Waals surface area contributed by atoms with Crippen LogP contribution >= 0.6 is 11.6 Å². The van der Waals surface area contributed by atoms with Crippen molar-refractivity contribution in [2.45, 2.75) is 6.61 Å². The molecule has 0 aliphatic heterocycles. The number of methoxy groups -OCH3 is 1. The molecule has 2 heterocycles. The largest absolute Gasteiger partial charge is 0.483 e. The predicted molar refractivity (Wildman–Crippen MR) is 122 cm³/mol. The Balaban J connectivity index is 1.74. The van der Waals surface area contributed by atoms with E-state index in [2.05, 4.69) is 20.3 Å². The lowest BCUT2D eigenvalue weighted by molar-refractivity contribution is 0.0601. The van der Waals surface area contributed by atoms with Crippen LogP contribution in [0.1, 0.15) is 15.9 Å². The Morgan fingerprint density at radius 1 is 1.12 bits per heavy atom. The molecule has 0 spiro atoms. The summed E-state index contributed by atoms with van der Waals surface area (Å²) in [7, 11) is 1.28. The molecule has 0 amide bonds. The van der Waals surface area contributed by atoms with Crippen LogP contribution in [0.2, 0.25) is 5.02 Å². The van der Waals surface area contributed by atoms with Crippen molar-refractivity contribution in [1.82, 2.24) is 15.0 Å².